The van der Waals surface area contributed by atoms with Crippen LogP contribution in [-0.2, 0) is 6.42 Å². The van der Waals surface area contributed by atoms with E-state index in [0.717, 1.165) is 49.7 Å². The van der Waals surface area contributed by atoms with Crippen LogP contribution in [0.4, 0.5) is 11.6 Å². The fraction of sp³-hybridized carbons (Fsp3) is 0.611. The standard InChI is InChI=1S/C18H27N5OS/c1-13(2)18-22-14(11-25-18)6-7-19-16-9-17(21-12-20-16)23-8-4-3-5-15(23)10-24/h9,11-13,15,24H,3-8,10H2,1-2H3,(H,19,20,21). The third-order valence-corrected chi connectivity index (χ3v) is 5.73. The van der Waals surface area contributed by atoms with Crippen molar-refractivity contribution in [2.45, 2.75) is 51.5 Å². The fourth-order valence-electron chi connectivity index (χ4n) is 3.11. The van der Waals surface area contributed by atoms with E-state index in [-0.39, 0.29) is 12.6 Å². The Morgan fingerprint density at radius 1 is 1.36 bits per heavy atom. The third kappa shape index (κ3) is 4.67. The van der Waals surface area contributed by atoms with E-state index >= 15 is 0 Å². The molecule has 136 valence electrons. The molecule has 1 fully saturated rings. The molecule has 1 unspecified atom stereocenters. The summed E-state index contributed by atoms with van der Waals surface area (Å²) in [4.78, 5) is 15.6. The molecule has 2 aromatic rings. The van der Waals surface area contributed by atoms with E-state index in [9.17, 15) is 5.11 Å². The quantitative estimate of drug-likeness (QED) is 0.789. The van der Waals surface area contributed by atoms with Crippen LogP contribution in [0.5, 0.6) is 0 Å². The van der Waals surface area contributed by atoms with Gasteiger partial charge in [-0.3, -0.25) is 0 Å². The predicted octanol–water partition coefficient (Wildman–Crippen LogP) is 3.06. The Balaban J connectivity index is 1.57. The van der Waals surface area contributed by atoms with Crippen molar-refractivity contribution >= 4 is 23.0 Å². The number of anilines is 2. The molecule has 0 amide bonds. The largest absolute Gasteiger partial charge is 0.394 e. The van der Waals surface area contributed by atoms with Crippen LogP contribution in [0.25, 0.3) is 0 Å². The van der Waals surface area contributed by atoms with Gasteiger partial charge in [-0.05, 0) is 19.3 Å². The first-order chi connectivity index (χ1) is 12.2. The van der Waals surface area contributed by atoms with Crippen LogP contribution in [0.2, 0.25) is 0 Å². The zero-order chi connectivity index (χ0) is 17.6. The second-order valence-electron chi connectivity index (χ2n) is 6.80. The van der Waals surface area contributed by atoms with Crippen molar-refractivity contribution < 1.29 is 5.11 Å². The molecule has 0 saturated carbocycles. The molecular weight excluding hydrogens is 334 g/mol. The molecule has 2 aromatic heterocycles. The molecular formula is C18H27N5OS. The fourth-order valence-corrected chi connectivity index (χ4v) is 3.98. The number of thiazole rings is 1. The van der Waals surface area contributed by atoms with Crippen molar-refractivity contribution in [3.63, 3.8) is 0 Å². The minimum atomic E-state index is 0.168. The number of hydrogen-bond acceptors (Lipinski definition) is 7. The second-order valence-corrected chi connectivity index (χ2v) is 7.69. The van der Waals surface area contributed by atoms with Crippen LogP contribution < -0.4 is 10.2 Å². The molecule has 0 radical (unpaired) electrons. The lowest BCUT2D eigenvalue weighted by Gasteiger charge is -2.35. The van der Waals surface area contributed by atoms with Gasteiger partial charge in [0, 0.05) is 36.9 Å². The Labute approximate surface area is 153 Å². The second kappa shape index (κ2) is 8.58. The predicted molar refractivity (Wildman–Crippen MR) is 102 cm³/mol. The van der Waals surface area contributed by atoms with Gasteiger partial charge in [-0.1, -0.05) is 13.8 Å². The van der Waals surface area contributed by atoms with Crippen LogP contribution in [0.15, 0.2) is 17.8 Å². The number of aliphatic hydroxyl groups is 1. The molecule has 1 saturated heterocycles. The molecule has 0 aromatic carbocycles. The summed E-state index contributed by atoms with van der Waals surface area (Å²) in [7, 11) is 0. The van der Waals surface area contributed by atoms with E-state index < -0.39 is 0 Å². The normalized spacial score (nSPS) is 17.9. The molecule has 3 heterocycles. The molecule has 25 heavy (non-hydrogen) atoms. The summed E-state index contributed by atoms with van der Waals surface area (Å²) >= 11 is 1.73. The molecule has 1 atom stereocenters. The van der Waals surface area contributed by atoms with Crippen LogP contribution in [0, 0.1) is 0 Å². The van der Waals surface area contributed by atoms with E-state index in [2.05, 4.69) is 44.4 Å². The summed E-state index contributed by atoms with van der Waals surface area (Å²) in [6.45, 7) is 6.25. The maximum Gasteiger partial charge on any atom is 0.134 e. The Morgan fingerprint density at radius 3 is 3.00 bits per heavy atom. The average molecular weight is 362 g/mol. The average Bonchev–Trinajstić information content (AvgIpc) is 3.11. The Bertz CT molecular complexity index is 675. The highest BCUT2D eigenvalue weighted by Gasteiger charge is 2.23. The van der Waals surface area contributed by atoms with Crippen LogP contribution in [0.3, 0.4) is 0 Å². The number of aromatic nitrogens is 3. The molecule has 0 aliphatic carbocycles. The highest BCUT2D eigenvalue weighted by atomic mass is 32.1. The van der Waals surface area contributed by atoms with Crippen molar-refractivity contribution in [2.24, 2.45) is 0 Å². The third-order valence-electron chi connectivity index (χ3n) is 4.54. The first kappa shape index (κ1) is 18.1. The van der Waals surface area contributed by atoms with Gasteiger partial charge in [0.1, 0.15) is 18.0 Å². The molecule has 1 aliphatic rings. The van der Waals surface area contributed by atoms with E-state index in [1.165, 1.54) is 11.4 Å². The minimum Gasteiger partial charge on any atom is -0.394 e. The number of nitrogens with zero attached hydrogens (tertiary/aromatic N) is 4. The van der Waals surface area contributed by atoms with Crippen molar-refractivity contribution in [3.05, 3.63) is 28.5 Å². The van der Waals surface area contributed by atoms with Crippen molar-refractivity contribution in [1.29, 1.82) is 0 Å². The van der Waals surface area contributed by atoms with E-state index in [0.29, 0.717) is 5.92 Å². The summed E-state index contributed by atoms with van der Waals surface area (Å²) in [6.07, 6.45) is 5.81. The molecule has 7 heteroatoms. The number of piperidine rings is 1. The number of rotatable bonds is 7. The van der Waals surface area contributed by atoms with Gasteiger partial charge in [0.15, 0.2) is 0 Å². The molecule has 0 spiro atoms. The van der Waals surface area contributed by atoms with Gasteiger partial charge in [0.25, 0.3) is 0 Å². The number of nitrogens with one attached hydrogen (secondary N) is 1. The summed E-state index contributed by atoms with van der Waals surface area (Å²) in [5.74, 6) is 2.21. The van der Waals surface area contributed by atoms with E-state index in [4.69, 9.17) is 0 Å². The highest BCUT2D eigenvalue weighted by Crippen LogP contribution is 2.24. The molecule has 2 N–H and O–H groups in total. The topological polar surface area (TPSA) is 74.2 Å². The number of aliphatic hydroxyl groups excluding tert-OH is 1. The Hall–Kier alpha value is -1.73. The zero-order valence-corrected chi connectivity index (χ0v) is 15.8. The highest BCUT2D eigenvalue weighted by molar-refractivity contribution is 7.09. The molecule has 3 rings (SSSR count). The van der Waals surface area contributed by atoms with Gasteiger partial charge in [0.2, 0.25) is 0 Å². The van der Waals surface area contributed by atoms with E-state index in [1.807, 2.05) is 6.07 Å². The first-order valence-electron chi connectivity index (χ1n) is 9.05. The maximum atomic E-state index is 9.59. The van der Waals surface area contributed by atoms with E-state index in [1.54, 1.807) is 17.7 Å². The van der Waals surface area contributed by atoms with Crippen LogP contribution in [-0.4, -0.2) is 45.8 Å². The molecule has 1 aliphatic heterocycles. The summed E-state index contributed by atoms with van der Waals surface area (Å²) < 4.78 is 0. The smallest absolute Gasteiger partial charge is 0.134 e. The minimum absolute atomic E-state index is 0.168. The Morgan fingerprint density at radius 2 is 2.24 bits per heavy atom. The van der Waals surface area contributed by atoms with Gasteiger partial charge in [0.05, 0.1) is 23.4 Å². The van der Waals surface area contributed by atoms with Gasteiger partial charge < -0.3 is 15.3 Å². The lowest BCUT2D eigenvalue weighted by Crippen LogP contribution is -2.42. The van der Waals surface area contributed by atoms with Gasteiger partial charge >= 0.3 is 0 Å². The summed E-state index contributed by atoms with van der Waals surface area (Å²) in [5.41, 5.74) is 1.13. The number of hydrogen-bond donors (Lipinski definition) is 2. The van der Waals surface area contributed by atoms with Crippen molar-refractivity contribution in [1.82, 2.24) is 15.0 Å². The monoisotopic (exact) mass is 361 g/mol. The summed E-state index contributed by atoms with van der Waals surface area (Å²) in [6, 6.07) is 2.15. The maximum absolute atomic E-state index is 9.59. The van der Waals surface area contributed by atoms with Gasteiger partial charge in [-0.25, -0.2) is 15.0 Å². The molecule has 0 bridgehead atoms. The van der Waals surface area contributed by atoms with Crippen LogP contribution >= 0.6 is 11.3 Å². The van der Waals surface area contributed by atoms with Crippen LogP contribution in [0.1, 0.15) is 49.7 Å². The lowest BCUT2D eigenvalue weighted by molar-refractivity contribution is 0.239. The zero-order valence-electron chi connectivity index (χ0n) is 15.0. The Kier molecular flexibility index (Phi) is 6.20. The van der Waals surface area contributed by atoms with Gasteiger partial charge in [-0.2, -0.15) is 0 Å². The van der Waals surface area contributed by atoms with Gasteiger partial charge in [-0.15, -0.1) is 11.3 Å². The molecule has 6 nitrogen and oxygen atoms in total. The van der Waals surface area contributed by atoms with Crippen molar-refractivity contribution in [3.8, 4) is 0 Å². The first-order valence-corrected chi connectivity index (χ1v) is 9.93. The SMILES string of the molecule is CC(C)c1nc(CCNc2cc(N3CCCCC3CO)ncn2)cs1. The van der Waals surface area contributed by atoms with Crippen molar-refractivity contribution in [2.75, 3.05) is 29.9 Å². The summed E-state index contributed by atoms with van der Waals surface area (Å²) in [5, 5.41) is 16.3. The lowest BCUT2D eigenvalue weighted by atomic mass is 10.0.